The molecule has 2 nitrogen and oxygen atoms in total. The Morgan fingerprint density at radius 3 is 1.51 bits per heavy atom. The largest absolute Gasteiger partial charge is 0.309 e. The molecule has 12 aromatic carbocycles. The van der Waals surface area contributed by atoms with Crippen LogP contribution in [0.2, 0.25) is 0 Å². The minimum Gasteiger partial charge on any atom is -0.309 e. The first-order valence-corrected chi connectivity index (χ1v) is 23.4. The molecule has 0 saturated carbocycles. The first-order valence-electron chi connectivity index (χ1n) is 23.4. The van der Waals surface area contributed by atoms with Gasteiger partial charge in [0.05, 0.1) is 28.1 Å². The lowest BCUT2D eigenvalue weighted by molar-refractivity contribution is 1.18. The van der Waals surface area contributed by atoms with Gasteiger partial charge in [-0.25, -0.2) is 0 Å². The van der Waals surface area contributed by atoms with E-state index in [0.717, 1.165) is 45.0 Å². The number of hydrogen-bond acceptors (Lipinski definition) is 1. The molecule has 0 fully saturated rings. The summed E-state index contributed by atoms with van der Waals surface area (Å²) in [7, 11) is 0. The van der Waals surface area contributed by atoms with Gasteiger partial charge in [0.15, 0.2) is 0 Å². The highest BCUT2D eigenvalue weighted by Crippen LogP contribution is 2.50. The number of benzene rings is 12. The van der Waals surface area contributed by atoms with Crippen LogP contribution in [0, 0.1) is 0 Å². The van der Waals surface area contributed by atoms with E-state index in [2.05, 4.69) is 276 Å². The van der Waals surface area contributed by atoms with Gasteiger partial charge in [0, 0.05) is 33.2 Å². The highest BCUT2D eigenvalue weighted by molar-refractivity contribution is 6.15. The summed E-state index contributed by atoms with van der Waals surface area (Å²) in [4.78, 5) is 2.53. The highest BCUT2D eigenvalue weighted by atomic mass is 15.1. The average molecular weight is 865 g/mol. The molecule has 0 atom stereocenters. The van der Waals surface area contributed by atoms with Crippen molar-refractivity contribution < 1.29 is 0 Å². The molecule has 68 heavy (non-hydrogen) atoms. The van der Waals surface area contributed by atoms with Gasteiger partial charge in [0.2, 0.25) is 0 Å². The Balaban J connectivity index is 1.10. The smallest absolute Gasteiger partial charge is 0.0547 e. The maximum Gasteiger partial charge on any atom is 0.0547 e. The van der Waals surface area contributed by atoms with Gasteiger partial charge >= 0.3 is 0 Å². The third-order valence-electron chi connectivity index (χ3n) is 13.8. The van der Waals surface area contributed by atoms with Crippen molar-refractivity contribution in [2.75, 3.05) is 4.90 Å². The number of rotatable bonds is 8. The van der Waals surface area contributed by atoms with Gasteiger partial charge in [-0.2, -0.15) is 0 Å². The first-order chi connectivity index (χ1) is 33.8. The zero-order chi connectivity index (χ0) is 45.0. The number of anilines is 3. The Labute approximate surface area is 395 Å². The zero-order valence-corrected chi connectivity index (χ0v) is 37.3. The molecule has 0 radical (unpaired) electrons. The molecule has 13 rings (SSSR count). The van der Waals surface area contributed by atoms with Crippen molar-refractivity contribution >= 4 is 71.2 Å². The van der Waals surface area contributed by atoms with Crippen LogP contribution in [0.25, 0.3) is 104 Å². The molecule has 0 aliphatic carbocycles. The monoisotopic (exact) mass is 864 g/mol. The van der Waals surface area contributed by atoms with Crippen LogP contribution >= 0.6 is 0 Å². The van der Waals surface area contributed by atoms with E-state index >= 15 is 0 Å². The third kappa shape index (κ3) is 6.49. The summed E-state index contributed by atoms with van der Waals surface area (Å²) in [6.45, 7) is 0. The zero-order valence-electron chi connectivity index (χ0n) is 37.3. The van der Waals surface area contributed by atoms with Gasteiger partial charge in [-0.05, 0) is 103 Å². The van der Waals surface area contributed by atoms with Crippen LogP contribution in [-0.4, -0.2) is 4.57 Å². The molecule has 13 aromatic rings. The second-order valence-electron chi connectivity index (χ2n) is 17.6. The topological polar surface area (TPSA) is 8.17 Å². The quantitative estimate of drug-likeness (QED) is 0.138. The van der Waals surface area contributed by atoms with Gasteiger partial charge in [0.1, 0.15) is 0 Å². The Morgan fingerprint density at radius 2 is 0.750 bits per heavy atom. The second kappa shape index (κ2) is 16.5. The van der Waals surface area contributed by atoms with E-state index < -0.39 is 0 Å². The van der Waals surface area contributed by atoms with E-state index in [4.69, 9.17) is 0 Å². The van der Waals surface area contributed by atoms with Crippen LogP contribution < -0.4 is 4.90 Å². The van der Waals surface area contributed by atoms with Crippen LogP contribution in [-0.2, 0) is 0 Å². The predicted octanol–water partition coefficient (Wildman–Crippen LogP) is 18.4. The molecule has 0 N–H and O–H groups in total. The van der Waals surface area contributed by atoms with E-state index in [1.165, 1.54) is 76.4 Å². The van der Waals surface area contributed by atoms with E-state index in [-0.39, 0.29) is 0 Å². The van der Waals surface area contributed by atoms with Crippen molar-refractivity contribution in [3.63, 3.8) is 0 Å². The summed E-state index contributed by atoms with van der Waals surface area (Å²) < 4.78 is 2.41. The molecule has 0 unspecified atom stereocenters. The number of hydrogen-bond donors (Lipinski definition) is 0. The SMILES string of the molecule is c1ccc(-c2cccc3cccc(-c4ccccc4N(c4ccccc4-c4ccc5c6ccccc6n(-c6ccccc6)c5c4)c4ccccc4-c4cccc5c4ccc4ccccc45)c23)cc1. The Kier molecular flexibility index (Phi) is 9.54. The van der Waals surface area contributed by atoms with Crippen molar-refractivity contribution in [2.45, 2.75) is 0 Å². The van der Waals surface area contributed by atoms with Crippen molar-refractivity contribution in [1.82, 2.24) is 4.57 Å². The summed E-state index contributed by atoms with van der Waals surface area (Å²) in [6, 6.07) is 97.7. The lowest BCUT2D eigenvalue weighted by Crippen LogP contribution is -2.13. The molecule has 0 bridgehead atoms. The lowest BCUT2D eigenvalue weighted by Gasteiger charge is -2.32. The van der Waals surface area contributed by atoms with E-state index in [9.17, 15) is 0 Å². The van der Waals surface area contributed by atoms with Crippen LogP contribution in [0.1, 0.15) is 0 Å². The van der Waals surface area contributed by atoms with Crippen LogP contribution in [0.3, 0.4) is 0 Å². The maximum atomic E-state index is 2.53. The molecular formula is C66H44N2. The highest BCUT2D eigenvalue weighted by Gasteiger charge is 2.25. The fraction of sp³-hybridized carbons (Fsp3) is 0. The van der Waals surface area contributed by atoms with Crippen LogP contribution in [0.15, 0.2) is 267 Å². The Bertz CT molecular complexity index is 4030. The standard InChI is InChI=1S/C66H44N2/c1-3-20-45(21-4-1)52-32-17-23-47-24-18-35-60(66(47)52)58-31-12-16-39-64(58)68(63-38-15-10-29-56(63)54-34-19-33-53-50-27-8-7-22-46(50)40-42-55(53)54)61-36-13-9-28-51(61)48-41-43-59-57-30-11-14-37-62(57)67(65(59)44-48)49-25-5-2-6-26-49/h1-44H. The molecule has 318 valence electrons. The van der Waals surface area contributed by atoms with Crippen molar-refractivity contribution in [1.29, 1.82) is 0 Å². The molecule has 0 spiro atoms. The molecule has 1 aromatic heterocycles. The lowest BCUT2D eigenvalue weighted by atomic mass is 9.89. The molecule has 1 heterocycles. The number of para-hydroxylation sites is 5. The van der Waals surface area contributed by atoms with Crippen molar-refractivity contribution in [2.24, 2.45) is 0 Å². The van der Waals surface area contributed by atoms with Crippen LogP contribution in [0.5, 0.6) is 0 Å². The molecule has 0 aliphatic heterocycles. The summed E-state index contributed by atoms with van der Waals surface area (Å²) in [5, 5.41) is 9.87. The molecular weight excluding hydrogens is 821 g/mol. The van der Waals surface area contributed by atoms with Gasteiger partial charge in [-0.3, -0.25) is 0 Å². The summed E-state index contributed by atoms with van der Waals surface area (Å²) >= 11 is 0. The predicted molar refractivity (Wildman–Crippen MR) is 290 cm³/mol. The number of fused-ring (bicyclic) bond motifs is 7. The summed E-state index contributed by atoms with van der Waals surface area (Å²) in [5.74, 6) is 0. The van der Waals surface area contributed by atoms with E-state index in [1.54, 1.807) is 0 Å². The third-order valence-corrected chi connectivity index (χ3v) is 13.8. The Hall–Kier alpha value is -8.98. The van der Waals surface area contributed by atoms with E-state index in [0.29, 0.717) is 0 Å². The summed E-state index contributed by atoms with van der Waals surface area (Å²) in [6.07, 6.45) is 0. The fourth-order valence-electron chi connectivity index (χ4n) is 10.8. The van der Waals surface area contributed by atoms with Gasteiger partial charge < -0.3 is 9.47 Å². The Morgan fingerprint density at radius 1 is 0.250 bits per heavy atom. The maximum absolute atomic E-state index is 2.53. The van der Waals surface area contributed by atoms with Crippen molar-refractivity contribution in [3.05, 3.63) is 267 Å². The minimum absolute atomic E-state index is 1.09. The molecule has 0 aliphatic rings. The molecule has 2 heteroatoms. The average Bonchev–Trinajstić information content (AvgIpc) is 3.75. The van der Waals surface area contributed by atoms with Crippen LogP contribution in [0.4, 0.5) is 17.1 Å². The molecule has 0 amide bonds. The second-order valence-corrected chi connectivity index (χ2v) is 17.6. The van der Waals surface area contributed by atoms with Crippen molar-refractivity contribution in [3.8, 4) is 50.2 Å². The molecule has 0 saturated heterocycles. The first kappa shape index (κ1) is 39.4. The normalized spacial score (nSPS) is 11.5. The van der Waals surface area contributed by atoms with Gasteiger partial charge in [-0.15, -0.1) is 0 Å². The van der Waals surface area contributed by atoms with Gasteiger partial charge in [0.25, 0.3) is 0 Å². The fourth-order valence-corrected chi connectivity index (χ4v) is 10.8. The number of aromatic nitrogens is 1. The van der Waals surface area contributed by atoms with Gasteiger partial charge in [-0.1, -0.05) is 224 Å². The van der Waals surface area contributed by atoms with E-state index in [1.807, 2.05) is 0 Å². The number of nitrogens with zero attached hydrogens (tertiary/aromatic N) is 2. The summed E-state index contributed by atoms with van der Waals surface area (Å²) in [5.41, 5.74) is 16.1. The minimum atomic E-state index is 1.09.